The third kappa shape index (κ3) is 2.66. The van der Waals surface area contributed by atoms with Gasteiger partial charge in [-0.3, -0.25) is 9.59 Å². The van der Waals surface area contributed by atoms with E-state index in [1.54, 1.807) is 0 Å². The van der Waals surface area contributed by atoms with Gasteiger partial charge in [-0.05, 0) is 31.4 Å². The van der Waals surface area contributed by atoms with E-state index in [2.05, 4.69) is 26.2 Å². The first kappa shape index (κ1) is 17.6. The lowest BCUT2D eigenvalue weighted by atomic mass is 9.79. The zero-order valence-corrected chi connectivity index (χ0v) is 17.5. The molecule has 2 aromatic rings. The number of aromatic nitrogens is 1. The van der Waals surface area contributed by atoms with Gasteiger partial charge in [-0.1, -0.05) is 39.7 Å². The fraction of sp³-hybridized carbons (Fsp3) is 0.421. The van der Waals surface area contributed by atoms with Gasteiger partial charge >= 0.3 is 5.97 Å². The number of nitrogens with zero attached hydrogens (tertiary/aromatic N) is 1. The normalized spacial score (nSPS) is 33.4. The number of esters is 1. The van der Waals surface area contributed by atoms with Crippen molar-refractivity contribution in [3.63, 3.8) is 0 Å². The van der Waals surface area contributed by atoms with E-state index in [9.17, 15) is 9.59 Å². The lowest BCUT2D eigenvalue weighted by Crippen LogP contribution is -2.40. The lowest BCUT2D eigenvalue weighted by molar-refractivity contribution is -0.145. The quantitative estimate of drug-likeness (QED) is 0.540. The predicted octanol–water partition coefficient (Wildman–Crippen LogP) is 4.28. The Bertz CT molecular complexity index is 947. The summed E-state index contributed by atoms with van der Waals surface area (Å²) in [6.07, 6.45) is 0.789. The summed E-state index contributed by atoms with van der Waals surface area (Å²) in [6.45, 7) is 1.97. The highest BCUT2D eigenvalue weighted by molar-refractivity contribution is 9.09. The molecule has 2 saturated carbocycles. The highest BCUT2D eigenvalue weighted by Crippen LogP contribution is 2.60. The maximum Gasteiger partial charge on any atom is 0.310 e. The van der Waals surface area contributed by atoms with Crippen molar-refractivity contribution in [3.05, 3.63) is 34.2 Å². The summed E-state index contributed by atoms with van der Waals surface area (Å²) in [6, 6.07) is 7.47. The van der Waals surface area contributed by atoms with Gasteiger partial charge in [0.2, 0.25) is 5.91 Å². The van der Waals surface area contributed by atoms with Gasteiger partial charge in [-0.2, -0.15) is 0 Å². The van der Waals surface area contributed by atoms with Crippen molar-refractivity contribution >= 4 is 55.9 Å². The zero-order valence-electron chi connectivity index (χ0n) is 14.3. The third-order valence-electron chi connectivity index (χ3n) is 5.97. The van der Waals surface area contributed by atoms with E-state index in [4.69, 9.17) is 16.3 Å². The second-order valence-electron chi connectivity index (χ2n) is 7.38. The molecule has 0 spiro atoms. The van der Waals surface area contributed by atoms with Crippen LogP contribution in [-0.4, -0.2) is 27.8 Å². The van der Waals surface area contributed by atoms with Crippen LogP contribution in [0.2, 0.25) is 5.02 Å². The smallest absolute Gasteiger partial charge is 0.310 e. The van der Waals surface area contributed by atoms with Gasteiger partial charge in [-0.15, -0.1) is 11.3 Å². The van der Waals surface area contributed by atoms with Crippen molar-refractivity contribution in [1.82, 2.24) is 4.98 Å². The minimum Gasteiger partial charge on any atom is -0.461 e. The van der Waals surface area contributed by atoms with Crippen LogP contribution >= 0.6 is 38.9 Å². The molecule has 1 amide bonds. The number of carbonyl (C=O) groups is 2. The summed E-state index contributed by atoms with van der Waals surface area (Å²) >= 11 is 11.0. The van der Waals surface area contributed by atoms with Crippen molar-refractivity contribution in [2.24, 2.45) is 23.7 Å². The summed E-state index contributed by atoms with van der Waals surface area (Å²) in [5.41, 5.74) is 1.79. The van der Waals surface area contributed by atoms with Gasteiger partial charge in [0.05, 0.1) is 22.4 Å². The number of benzene rings is 1. The number of amides is 1. The van der Waals surface area contributed by atoms with E-state index >= 15 is 0 Å². The van der Waals surface area contributed by atoms with Crippen LogP contribution in [0.1, 0.15) is 11.3 Å². The Kier molecular flexibility index (Phi) is 4.11. The van der Waals surface area contributed by atoms with Gasteiger partial charge < -0.3 is 10.1 Å². The molecule has 1 aliphatic heterocycles. The first-order chi connectivity index (χ1) is 12.9. The lowest BCUT2D eigenvalue weighted by Gasteiger charge is -2.27. The number of rotatable bonds is 3. The molecule has 1 aromatic carbocycles. The van der Waals surface area contributed by atoms with Crippen LogP contribution in [0.25, 0.3) is 11.3 Å². The molecule has 27 heavy (non-hydrogen) atoms. The minimum atomic E-state index is -0.353. The summed E-state index contributed by atoms with van der Waals surface area (Å²) in [5, 5.41) is 4.17. The van der Waals surface area contributed by atoms with Gasteiger partial charge in [-0.25, -0.2) is 4.98 Å². The minimum absolute atomic E-state index is 0.0589. The van der Waals surface area contributed by atoms with E-state index in [-0.39, 0.29) is 46.5 Å². The molecular weight excluding hydrogens is 452 g/mol. The molecule has 5 nitrogen and oxygen atoms in total. The number of hydrogen-bond donors (Lipinski definition) is 1. The van der Waals surface area contributed by atoms with E-state index in [0.717, 1.165) is 22.6 Å². The molecule has 1 N–H and O–H groups in total. The standard InChI is InChI=1S/C19H16BrClN2O3S/c1-7-15(8-2-4-9(21)5-3-8)22-19(27-7)23-17(24)12-10-6-11-13(12)18(25)26-16(11)14(10)20/h2-5,10-14,16H,6H2,1H3,(H,22,23,24)/t10-,11-,12-,13-,14+,16+/m1/s1. The Morgan fingerprint density at radius 2 is 2.07 bits per heavy atom. The molecule has 2 aliphatic carbocycles. The molecular formula is C19H16BrClN2O3S. The number of hydrogen-bond acceptors (Lipinski definition) is 5. The van der Waals surface area contributed by atoms with Crippen molar-refractivity contribution in [2.45, 2.75) is 24.3 Å². The van der Waals surface area contributed by atoms with Crippen LogP contribution in [0.15, 0.2) is 24.3 Å². The van der Waals surface area contributed by atoms with Crippen LogP contribution in [0.5, 0.6) is 0 Å². The number of carbonyl (C=O) groups excluding carboxylic acids is 2. The molecule has 5 rings (SSSR count). The zero-order chi connectivity index (χ0) is 18.9. The number of alkyl halides is 1. The van der Waals surface area contributed by atoms with E-state index in [1.165, 1.54) is 11.3 Å². The van der Waals surface area contributed by atoms with Crippen LogP contribution in [0.4, 0.5) is 5.13 Å². The van der Waals surface area contributed by atoms with Crippen LogP contribution in [0, 0.1) is 30.6 Å². The average molecular weight is 468 g/mol. The van der Waals surface area contributed by atoms with Gasteiger partial charge in [0.15, 0.2) is 5.13 Å². The Morgan fingerprint density at radius 3 is 2.81 bits per heavy atom. The summed E-state index contributed by atoms with van der Waals surface area (Å²) in [4.78, 5) is 30.9. The van der Waals surface area contributed by atoms with Crippen molar-refractivity contribution in [2.75, 3.05) is 5.32 Å². The molecule has 2 heterocycles. The molecule has 0 radical (unpaired) electrons. The van der Waals surface area contributed by atoms with Crippen LogP contribution < -0.4 is 5.32 Å². The summed E-state index contributed by atoms with van der Waals surface area (Å²) in [7, 11) is 0. The van der Waals surface area contributed by atoms with E-state index in [1.807, 2.05) is 31.2 Å². The second kappa shape index (κ2) is 6.29. The first-order valence-corrected chi connectivity index (χ1v) is 10.9. The van der Waals surface area contributed by atoms with Crippen LogP contribution in [-0.2, 0) is 14.3 Å². The molecule has 2 bridgehead atoms. The molecule has 3 aliphatic rings. The largest absolute Gasteiger partial charge is 0.461 e. The van der Waals surface area contributed by atoms with E-state index < -0.39 is 0 Å². The summed E-state index contributed by atoms with van der Waals surface area (Å²) < 4.78 is 5.48. The maximum absolute atomic E-state index is 13.0. The predicted molar refractivity (Wildman–Crippen MR) is 107 cm³/mol. The SMILES string of the molecule is Cc1sc(NC(=O)[C@@H]2[C@H]3C[C@H]4[C@H](OC(=O)[C@H]42)[C@H]3Br)nc1-c1ccc(Cl)cc1. The number of ether oxygens (including phenoxy) is 1. The second-order valence-corrected chi connectivity index (χ2v) is 10.1. The van der Waals surface area contributed by atoms with Gasteiger partial charge in [0, 0.05) is 21.4 Å². The number of aryl methyl sites for hydroxylation is 1. The van der Waals surface area contributed by atoms with Gasteiger partial charge in [0.25, 0.3) is 0 Å². The Hall–Kier alpha value is -1.44. The average Bonchev–Trinajstić information content (AvgIpc) is 3.33. The third-order valence-corrected chi connectivity index (χ3v) is 8.31. The fourth-order valence-electron chi connectivity index (χ4n) is 4.84. The van der Waals surface area contributed by atoms with Gasteiger partial charge in [0.1, 0.15) is 6.10 Å². The topological polar surface area (TPSA) is 68.3 Å². The van der Waals surface area contributed by atoms with Crippen LogP contribution in [0.3, 0.4) is 0 Å². The Labute approximate surface area is 173 Å². The molecule has 6 atom stereocenters. The molecule has 140 valence electrons. The Morgan fingerprint density at radius 1 is 1.33 bits per heavy atom. The fourth-order valence-corrected chi connectivity index (χ4v) is 6.85. The monoisotopic (exact) mass is 466 g/mol. The number of anilines is 1. The molecule has 1 aromatic heterocycles. The maximum atomic E-state index is 13.0. The number of nitrogens with one attached hydrogen (secondary N) is 1. The summed E-state index contributed by atoms with van der Waals surface area (Å²) in [5.74, 6) is -0.740. The Balaban J connectivity index is 1.38. The number of fused-ring (bicyclic) bond motifs is 1. The molecule has 1 saturated heterocycles. The molecule has 0 unspecified atom stereocenters. The van der Waals surface area contributed by atoms with Crippen molar-refractivity contribution in [1.29, 1.82) is 0 Å². The highest BCUT2D eigenvalue weighted by Gasteiger charge is 2.67. The van der Waals surface area contributed by atoms with Crippen molar-refractivity contribution < 1.29 is 14.3 Å². The number of halogens is 2. The van der Waals surface area contributed by atoms with Crippen molar-refractivity contribution in [3.8, 4) is 11.3 Å². The molecule has 3 fully saturated rings. The molecule has 8 heteroatoms. The van der Waals surface area contributed by atoms with E-state index in [0.29, 0.717) is 10.2 Å². The first-order valence-electron chi connectivity index (χ1n) is 8.83. The number of thiazole rings is 1. The highest BCUT2D eigenvalue weighted by atomic mass is 79.9.